The van der Waals surface area contributed by atoms with Crippen LogP contribution in [0.15, 0.2) is 24.4 Å². The van der Waals surface area contributed by atoms with Crippen LogP contribution in [0.5, 0.6) is 5.75 Å². The van der Waals surface area contributed by atoms with E-state index in [9.17, 15) is 0 Å². The van der Waals surface area contributed by atoms with Crippen molar-refractivity contribution in [2.24, 2.45) is 5.73 Å². The summed E-state index contributed by atoms with van der Waals surface area (Å²) in [4.78, 5) is 7.63. The van der Waals surface area contributed by atoms with Crippen molar-refractivity contribution < 1.29 is 4.74 Å². The number of imidazole rings is 1. The van der Waals surface area contributed by atoms with E-state index in [0.717, 1.165) is 34.8 Å². The van der Waals surface area contributed by atoms with E-state index in [1.54, 1.807) is 7.11 Å². The maximum Gasteiger partial charge on any atom is 0.121 e. The van der Waals surface area contributed by atoms with Crippen molar-refractivity contribution in [3.8, 4) is 17.0 Å². The molecule has 4 heteroatoms. The van der Waals surface area contributed by atoms with Crippen LogP contribution in [0.1, 0.15) is 18.3 Å². The topological polar surface area (TPSA) is 63.9 Å². The first-order valence-electron chi connectivity index (χ1n) is 6.04. The second-order valence-corrected chi connectivity index (χ2v) is 4.61. The Labute approximate surface area is 107 Å². The van der Waals surface area contributed by atoms with Gasteiger partial charge in [-0.1, -0.05) is 0 Å². The van der Waals surface area contributed by atoms with E-state index in [1.165, 1.54) is 0 Å². The number of hydrogen-bond donors (Lipinski definition) is 2. The molecule has 2 rings (SSSR count). The van der Waals surface area contributed by atoms with Gasteiger partial charge in [-0.2, -0.15) is 0 Å². The fraction of sp³-hybridized carbons (Fsp3) is 0.357. The van der Waals surface area contributed by atoms with E-state index in [-0.39, 0.29) is 6.04 Å². The quantitative estimate of drug-likeness (QED) is 0.868. The molecule has 0 saturated carbocycles. The van der Waals surface area contributed by atoms with Gasteiger partial charge in [-0.3, -0.25) is 0 Å². The van der Waals surface area contributed by atoms with Gasteiger partial charge in [0.05, 0.1) is 19.0 Å². The number of H-pyrrole nitrogens is 1. The Bertz CT molecular complexity index is 532. The van der Waals surface area contributed by atoms with E-state index in [4.69, 9.17) is 10.5 Å². The molecule has 1 aromatic carbocycles. The largest absolute Gasteiger partial charge is 0.496 e. The fourth-order valence-corrected chi connectivity index (χ4v) is 1.96. The molecule has 1 aromatic heterocycles. The van der Waals surface area contributed by atoms with Crippen molar-refractivity contribution in [1.82, 2.24) is 9.97 Å². The molecule has 2 aromatic rings. The molecular formula is C14H19N3O. The number of aryl methyl sites for hydroxylation is 1. The molecule has 1 heterocycles. The Morgan fingerprint density at radius 1 is 1.44 bits per heavy atom. The average molecular weight is 245 g/mol. The van der Waals surface area contributed by atoms with E-state index < -0.39 is 0 Å². The summed E-state index contributed by atoms with van der Waals surface area (Å²) in [5.41, 5.74) is 8.99. The summed E-state index contributed by atoms with van der Waals surface area (Å²) >= 11 is 0. The number of benzene rings is 1. The van der Waals surface area contributed by atoms with Crippen LogP contribution in [-0.2, 0) is 6.42 Å². The van der Waals surface area contributed by atoms with Crippen LogP contribution in [0.25, 0.3) is 11.3 Å². The highest BCUT2D eigenvalue weighted by Crippen LogP contribution is 2.24. The van der Waals surface area contributed by atoms with Gasteiger partial charge in [-0.25, -0.2) is 4.98 Å². The summed E-state index contributed by atoms with van der Waals surface area (Å²) in [6.07, 6.45) is 2.61. The Morgan fingerprint density at radius 2 is 2.22 bits per heavy atom. The molecule has 0 fully saturated rings. The zero-order valence-electron chi connectivity index (χ0n) is 11.0. The molecule has 96 valence electrons. The van der Waals surface area contributed by atoms with Gasteiger partial charge in [0, 0.05) is 18.0 Å². The zero-order valence-corrected chi connectivity index (χ0v) is 11.0. The molecule has 0 spiro atoms. The first-order valence-corrected chi connectivity index (χ1v) is 6.04. The first-order chi connectivity index (χ1) is 8.60. The van der Waals surface area contributed by atoms with Crippen LogP contribution >= 0.6 is 0 Å². The molecule has 3 N–H and O–H groups in total. The van der Waals surface area contributed by atoms with Gasteiger partial charge in [-0.15, -0.1) is 0 Å². The molecule has 0 aliphatic rings. The molecule has 0 bridgehead atoms. The minimum absolute atomic E-state index is 0.113. The lowest BCUT2D eigenvalue weighted by Crippen LogP contribution is -2.18. The molecule has 0 radical (unpaired) electrons. The van der Waals surface area contributed by atoms with Gasteiger partial charge in [-0.05, 0) is 37.6 Å². The van der Waals surface area contributed by atoms with Crippen LogP contribution in [0.2, 0.25) is 0 Å². The maximum absolute atomic E-state index is 5.76. The number of nitrogens with two attached hydrogens (primary N) is 1. The van der Waals surface area contributed by atoms with Crippen molar-refractivity contribution in [2.45, 2.75) is 26.3 Å². The highest BCUT2D eigenvalue weighted by Gasteiger charge is 2.07. The normalized spacial score (nSPS) is 12.4. The molecule has 1 unspecified atom stereocenters. The second-order valence-electron chi connectivity index (χ2n) is 4.61. The van der Waals surface area contributed by atoms with Crippen molar-refractivity contribution >= 4 is 0 Å². The lowest BCUT2D eigenvalue weighted by atomic mass is 10.1. The monoisotopic (exact) mass is 245 g/mol. The Hall–Kier alpha value is -1.81. The van der Waals surface area contributed by atoms with Crippen LogP contribution in [0.3, 0.4) is 0 Å². The van der Waals surface area contributed by atoms with Crippen LogP contribution < -0.4 is 10.5 Å². The molecule has 1 atom stereocenters. The van der Waals surface area contributed by atoms with Gasteiger partial charge >= 0.3 is 0 Å². The molecule has 4 nitrogen and oxygen atoms in total. The molecule has 0 saturated heterocycles. The number of rotatable bonds is 4. The summed E-state index contributed by atoms with van der Waals surface area (Å²) < 4.78 is 5.25. The van der Waals surface area contributed by atoms with E-state index in [0.29, 0.717) is 0 Å². The Kier molecular flexibility index (Phi) is 3.67. The molecule has 18 heavy (non-hydrogen) atoms. The van der Waals surface area contributed by atoms with Gasteiger partial charge in [0.1, 0.15) is 11.6 Å². The van der Waals surface area contributed by atoms with Crippen LogP contribution in [-0.4, -0.2) is 23.1 Å². The Morgan fingerprint density at radius 3 is 2.83 bits per heavy atom. The first kappa shape index (κ1) is 12.6. The van der Waals surface area contributed by atoms with E-state index in [1.807, 2.05) is 32.2 Å². The minimum Gasteiger partial charge on any atom is -0.496 e. The van der Waals surface area contributed by atoms with Gasteiger partial charge in [0.25, 0.3) is 0 Å². The number of nitrogens with one attached hydrogen (secondary N) is 1. The van der Waals surface area contributed by atoms with Gasteiger partial charge in [0.15, 0.2) is 0 Å². The van der Waals surface area contributed by atoms with Crippen molar-refractivity contribution in [3.05, 3.63) is 35.8 Å². The molecule has 0 amide bonds. The minimum atomic E-state index is 0.113. The summed E-state index contributed by atoms with van der Waals surface area (Å²) in [6, 6.07) is 6.19. The molecule has 0 aliphatic heterocycles. The lowest BCUT2D eigenvalue weighted by molar-refractivity contribution is 0.412. The fourth-order valence-electron chi connectivity index (χ4n) is 1.96. The number of hydrogen-bond acceptors (Lipinski definition) is 3. The van der Waals surface area contributed by atoms with Crippen molar-refractivity contribution in [1.29, 1.82) is 0 Å². The van der Waals surface area contributed by atoms with Crippen molar-refractivity contribution in [3.63, 3.8) is 0 Å². The zero-order chi connectivity index (χ0) is 13.1. The summed E-state index contributed by atoms with van der Waals surface area (Å²) in [5, 5.41) is 0. The highest BCUT2D eigenvalue weighted by molar-refractivity contribution is 5.61. The third kappa shape index (κ3) is 2.71. The predicted molar refractivity (Wildman–Crippen MR) is 72.7 cm³/mol. The number of nitrogens with zero attached hydrogens (tertiary/aromatic N) is 1. The smallest absolute Gasteiger partial charge is 0.121 e. The van der Waals surface area contributed by atoms with E-state index >= 15 is 0 Å². The summed E-state index contributed by atoms with van der Waals surface area (Å²) in [6.45, 7) is 4.00. The highest BCUT2D eigenvalue weighted by atomic mass is 16.5. The van der Waals surface area contributed by atoms with Gasteiger partial charge in [0.2, 0.25) is 0 Å². The molecule has 0 aliphatic carbocycles. The number of methoxy groups -OCH3 is 1. The third-order valence-corrected chi connectivity index (χ3v) is 2.85. The van der Waals surface area contributed by atoms with Crippen LogP contribution in [0.4, 0.5) is 0 Å². The van der Waals surface area contributed by atoms with Gasteiger partial charge < -0.3 is 15.5 Å². The lowest BCUT2D eigenvalue weighted by Gasteiger charge is -2.06. The predicted octanol–water partition coefficient (Wildman–Crippen LogP) is 2.28. The number of aromatic amines is 1. The summed E-state index contributed by atoms with van der Waals surface area (Å²) in [7, 11) is 1.68. The maximum atomic E-state index is 5.76. The molecular weight excluding hydrogens is 226 g/mol. The van der Waals surface area contributed by atoms with E-state index in [2.05, 4.69) is 16.0 Å². The van der Waals surface area contributed by atoms with Crippen LogP contribution in [0, 0.1) is 6.92 Å². The summed E-state index contributed by atoms with van der Waals surface area (Å²) in [5.74, 6) is 1.82. The SMILES string of the molecule is COc1ccc(-c2cnc(CC(C)N)[nH]2)cc1C. The second kappa shape index (κ2) is 5.23. The van der Waals surface area contributed by atoms with Crippen molar-refractivity contribution in [2.75, 3.05) is 7.11 Å². The third-order valence-electron chi connectivity index (χ3n) is 2.85. The Balaban J connectivity index is 2.26. The number of aromatic nitrogens is 2. The number of ether oxygens (including phenoxy) is 1. The average Bonchev–Trinajstić information content (AvgIpc) is 2.76. The standard InChI is InChI=1S/C14H19N3O/c1-9-6-11(4-5-13(9)18-3)12-8-16-14(17-12)7-10(2)15/h4-6,8,10H,7,15H2,1-3H3,(H,16,17).